The molecule has 1 fully saturated rings. The highest BCUT2D eigenvalue weighted by molar-refractivity contribution is 5.90. The first-order valence-electron chi connectivity index (χ1n) is 8.58. The molecule has 0 atom stereocenters. The van der Waals surface area contributed by atoms with Gasteiger partial charge in [-0.05, 0) is 37.7 Å². The molecule has 1 N–H and O–H groups in total. The van der Waals surface area contributed by atoms with E-state index in [0.29, 0.717) is 5.56 Å². The van der Waals surface area contributed by atoms with Crippen LogP contribution in [-0.2, 0) is 6.42 Å². The van der Waals surface area contributed by atoms with Crippen molar-refractivity contribution < 1.29 is 9.90 Å². The largest absolute Gasteiger partial charge is 0.478 e. The quantitative estimate of drug-likeness (QED) is 0.915. The van der Waals surface area contributed by atoms with Gasteiger partial charge in [0.15, 0.2) is 5.65 Å². The predicted octanol–water partition coefficient (Wildman–Crippen LogP) is 3.61. The summed E-state index contributed by atoms with van der Waals surface area (Å²) in [6.07, 6.45) is 9.03. The Bertz CT molecular complexity index is 700. The molecule has 0 bridgehead atoms. The number of rotatable bonds is 5. The minimum Gasteiger partial charge on any atom is -0.478 e. The fraction of sp³-hybridized carbons (Fsp3) is 0.556. The average Bonchev–Trinajstić information content (AvgIpc) is 2.96. The lowest BCUT2D eigenvalue weighted by Gasteiger charge is -2.32. The molecule has 0 amide bonds. The van der Waals surface area contributed by atoms with Gasteiger partial charge < -0.3 is 14.4 Å². The Morgan fingerprint density at radius 1 is 1.39 bits per heavy atom. The zero-order valence-electron chi connectivity index (χ0n) is 14.0. The molecule has 0 aliphatic carbocycles. The summed E-state index contributed by atoms with van der Waals surface area (Å²) in [7, 11) is 0. The second-order valence-electron chi connectivity index (χ2n) is 6.64. The van der Waals surface area contributed by atoms with E-state index >= 15 is 0 Å². The molecule has 5 heteroatoms. The van der Waals surface area contributed by atoms with E-state index in [-0.39, 0.29) is 0 Å². The molecule has 0 radical (unpaired) electrons. The summed E-state index contributed by atoms with van der Waals surface area (Å²) in [6.45, 7) is 6.37. The number of hydrogen-bond donors (Lipinski definition) is 1. The number of aromatic carboxylic acids is 1. The Morgan fingerprint density at radius 3 is 2.78 bits per heavy atom. The summed E-state index contributed by atoms with van der Waals surface area (Å²) in [5.41, 5.74) is 3.27. The highest BCUT2D eigenvalue weighted by Crippen LogP contribution is 2.28. The van der Waals surface area contributed by atoms with Gasteiger partial charge in [-0.1, -0.05) is 20.3 Å². The molecule has 2 aromatic heterocycles. The second-order valence-corrected chi connectivity index (χ2v) is 6.64. The Hall–Kier alpha value is -2.04. The van der Waals surface area contributed by atoms with Crippen molar-refractivity contribution in [3.05, 3.63) is 29.7 Å². The molecule has 0 spiro atoms. The number of hydrogen-bond acceptors (Lipinski definition) is 3. The Morgan fingerprint density at radius 2 is 2.13 bits per heavy atom. The molecule has 3 rings (SSSR count). The predicted molar refractivity (Wildman–Crippen MR) is 91.4 cm³/mol. The van der Waals surface area contributed by atoms with Crippen LogP contribution in [0.25, 0.3) is 5.65 Å². The van der Waals surface area contributed by atoms with Crippen LogP contribution in [0.1, 0.15) is 55.6 Å². The van der Waals surface area contributed by atoms with Crippen molar-refractivity contribution in [2.75, 3.05) is 18.0 Å². The van der Waals surface area contributed by atoms with E-state index in [0.717, 1.165) is 68.1 Å². The molecule has 0 unspecified atom stereocenters. The summed E-state index contributed by atoms with van der Waals surface area (Å²) in [4.78, 5) is 18.4. The van der Waals surface area contributed by atoms with Gasteiger partial charge in [0.1, 0.15) is 0 Å². The summed E-state index contributed by atoms with van der Waals surface area (Å²) in [5.74, 6) is -0.140. The first-order valence-corrected chi connectivity index (χ1v) is 8.58. The molecule has 5 nitrogen and oxygen atoms in total. The molecule has 1 saturated heterocycles. The number of piperidine rings is 1. The van der Waals surface area contributed by atoms with Crippen molar-refractivity contribution in [3.63, 3.8) is 0 Å². The van der Waals surface area contributed by atoms with Crippen molar-refractivity contribution in [2.45, 2.75) is 46.0 Å². The molecule has 23 heavy (non-hydrogen) atoms. The molecule has 2 aromatic rings. The van der Waals surface area contributed by atoms with Crippen LogP contribution < -0.4 is 4.90 Å². The zero-order valence-corrected chi connectivity index (χ0v) is 14.0. The molecular formula is C18H25N3O2. The summed E-state index contributed by atoms with van der Waals surface area (Å²) < 4.78 is 1.98. The van der Waals surface area contributed by atoms with Gasteiger partial charge in [0, 0.05) is 31.2 Å². The molecule has 1 aliphatic heterocycles. The highest BCUT2D eigenvalue weighted by atomic mass is 16.4. The normalized spacial score (nSPS) is 16.2. The van der Waals surface area contributed by atoms with Crippen LogP contribution in [0.4, 0.5) is 5.69 Å². The average molecular weight is 315 g/mol. The first kappa shape index (κ1) is 15.8. The Labute approximate surface area is 136 Å². The van der Waals surface area contributed by atoms with Crippen LogP contribution >= 0.6 is 0 Å². The van der Waals surface area contributed by atoms with Gasteiger partial charge in [-0.3, -0.25) is 0 Å². The maximum absolute atomic E-state index is 11.5. The molecular weight excluding hydrogens is 290 g/mol. The van der Waals surface area contributed by atoms with E-state index in [4.69, 9.17) is 0 Å². The smallest absolute Gasteiger partial charge is 0.337 e. The maximum Gasteiger partial charge on any atom is 0.337 e. The summed E-state index contributed by atoms with van der Waals surface area (Å²) in [5, 5.41) is 9.46. The van der Waals surface area contributed by atoms with Crippen molar-refractivity contribution in [2.24, 2.45) is 5.92 Å². The first-order chi connectivity index (χ1) is 11.1. The topological polar surface area (TPSA) is 57.8 Å². The van der Waals surface area contributed by atoms with Gasteiger partial charge in [0.25, 0.3) is 0 Å². The number of anilines is 1. The molecule has 0 saturated carbocycles. The van der Waals surface area contributed by atoms with Crippen molar-refractivity contribution in [1.82, 2.24) is 9.38 Å². The van der Waals surface area contributed by atoms with Crippen LogP contribution in [0.3, 0.4) is 0 Å². The monoisotopic (exact) mass is 315 g/mol. The van der Waals surface area contributed by atoms with E-state index in [1.165, 1.54) is 0 Å². The van der Waals surface area contributed by atoms with Crippen LogP contribution in [0.2, 0.25) is 0 Å². The highest BCUT2D eigenvalue weighted by Gasteiger charge is 2.21. The van der Waals surface area contributed by atoms with Crippen LogP contribution in [-0.4, -0.2) is 33.6 Å². The lowest BCUT2D eigenvalue weighted by atomic mass is 9.99. The van der Waals surface area contributed by atoms with Crippen molar-refractivity contribution in [3.8, 4) is 0 Å². The van der Waals surface area contributed by atoms with Crippen molar-refractivity contribution in [1.29, 1.82) is 0 Å². The van der Waals surface area contributed by atoms with E-state index < -0.39 is 5.97 Å². The molecule has 1 aliphatic rings. The third-order valence-corrected chi connectivity index (χ3v) is 4.82. The summed E-state index contributed by atoms with van der Waals surface area (Å²) >= 11 is 0. The minimum absolute atomic E-state index is 0.335. The van der Waals surface area contributed by atoms with Crippen LogP contribution in [0.15, 0.2) is 18.5 Å². The fourth-order valence-corrected chi connectivity index (χ4v) is 3.26. The lowest BCUT2D eigenvalue weighted by molar-refractivity contribution is 0.0696. The van der Waals surface area contributed by atoms with Gasteiger partial charge in [-0.2, -0.15) is 0 Å². The lowest BCUT2D eigenvalue weighted by Crippen LogP contribution is -2.33. The second kappa shape index (κ2) is 6.60. The van der Waals surface area contributed by atoms with Gasteiger partial charge in [-0.25, -0.2) is 9.78 Å². The molecule has 0 aromatic carbocycles. The Kier molecular flexibility index (Phi) is 4.55. The van der Waals surface area contributed by atoms with Gasteiger partial charge in [0.2, 0.25) is 0 Å². The summed E-state index contributed by atoms with van der Waals surface area (Å²) in [6, 6.07) is 1.78. The van der Waals surface area contributed by atoms with Gasteiger partial charge in [0.05, 0.1) is 11.3 Å². The maximum atomic E-state index is 11.5. The standard InChI is InChI=1S/C18H25N3O2/c1-3-4-5-15-11-19-17-16(20-8-6-13(2)7-9-20)10-14(18(22)23)12-21(15)17/h10-13H,3-9H2,1-2H3,(H,22,23). The van der Waals surface area contributed by atoms with E-state index in [2.05, 4.69) is 23.7 Å². The van der Waals surface area contributed by atoms with E-state index in [9.17, 15) is 9.90 Å². The number of aromatic nitrogens is 2. The number of carboxylic acid groups (broad SMARTS) is 1. The fourth-order valence-electron chi connectivity index (χ4n) is 3.26. The number of carboxylic acids is 1. The number of unbranched alkanes of at least 4 members (excludes halogenated alkanes) is 1. The van der Waals surface area contributed by atoms with Crippen LogP contribution in [0, 0.1) is 5.92 Å². The third-order valence-electron chi connectivity index (χ3n) is 4.82. The van der Waals surface area contributed by atoms with Gasteiger partial charge in [-0.15, -0.1) is 0 Å². The number of carbonyl (C=O) groups is 1. The van der Waals surface area contributed by atoms with Crippen molar-refractivity contribution >= 4 is 17.3 Å². The Balaban J connectivity index is 2.04. The SMILES string of the molecule is CCCCc1cnc2c(N3CCC(C)CC3)cc(C(=O)O)cn12. The number of nitrogens with zero attached hydrogens (tertiary/aromatic N) is 3. The van der Waals surface area contributed by atoms with Crippen LogP contribution in [0.5, 0.6) is 0 Å². The molecule has 3 heterocycles. The number of pyridine rings is 1. The number of aryl methyl sites for hydroxylation is 1. The number of imidazole rings is 1. The van der Waals surface area contributed by atoms with E-state index in [1.54, 1.807) is 12.3 Å². The molecule has 124 valence electrons. The van der Waals surface area contributed by atoms with E-state index in [1.807, 2.05) is 10.6 Å². The van der Waals surface area contributed by atoms with Gasteiger partial charge >= 0.3 is 5.97 Å². The number of fused-ring (bicyclic) bond motifs is 1. The zero-order chi connectivity index (χ0) is 16.4. The minimum atomic E-state index is -0.881. The third kappa shape index (κ3) is 3.19.